The van der Waals surface area contributed by atoms with Gasteiger partial charge in [0.15, 0.2) is 0 Å². The van der Waals surface area contributed by atoms with Gasteiger partial charge in [-0.1, -0.05) is 26.7 Å². The fourth-order valence-electron chi connectivity index (χ4n) is 3.78. The van der Waals surface area contributed by atoms with Crippen molar-refractivity contribution in [3.63, 3.8) is 0 Å². The Morgan fingerprint density at radius 1 is 1.20 bits per heavy atom. The lowest BCUT2D eigenvalue weighted by atomic mass is 9.67. The lowest BCUT2D eigenvalue weighted by Crippen LogP contribution is -2.44. The van der Waals surface area contributed by atoms with Gasteiger partial charge >= 0.3 is 5.97 Å². The molecule has 0 saturated heterocycles. The maximum atomic E-state index is 12.3. The first-order chi connectivity index (χ1) is 9.51. The smallest absolute Gasteiger partial charge is 0.307 e. The van der Waals surface area contributed by atoms with Crippen LogP contribution in [0.1, 0.15) is 58.8 Å². The number of hydrogen-bond donors (Lipinski definition) is 2. The van der Waals surface area contributed by atoms with Crippen molar-refractivity contribution < 1.29 is 14.7 Å². The number of carbonyl (C=O) groups is 2. The molecule has 2 N–H and O–H groups in total. The predicted molar refractivity (Wildman–Crippen MR) is 77.2 cm³/mol. The Balaban J connectivity index is 1.91. The molecule has 0 aromatic carbocycles. The van der Waals surface area contributed by atoms with Crippen LogP contribution in [0.4, 0.5) is 0 Å². The van der Waals surface area contributed by atoms with Gasteiger partial charge in [0.1, 0.15) is 0 Å². The number of carbonyl (C=O) groups excluding carboxylic acids is 1. The number of hydrogen-bond acceptors (Lipinski definition) is 2. The maximum Gasteiger partial charge on any atom is 0.307 e. The average Bonchev–Trinajstić information content (AvgIpc) is 2.82. The van der Waals surface area contributed by atoms with Crippen LogP contribution in [0.3, 0.4) is 0 Å². The third kappa shape index (κ3) is 2.99. The van der Waals surface area contributed by atoms with Crippen molar-refractivity contribution in [2.45, 2.75) is 58.8 Å². The van der Waals surface area contributed by atoms with Gasteiger partial charge in [-0.15, -0.1) is 0 Å². The summed E-state index contributed by atoms with van der Waals surface area (Å²) in [5, 5.41) is 12.3. The minimum absolute atomic E-state index is 0.0342. The van der Waals surface area contributed by atoms with Gasteiger partial charge in [-0.25, -0.2) is 0 Å². The number of amides is 1. The van der Waals surface area contributed by atoms with Crippen LogP contribution in [-0.4, -0.2) is 23.5 Å². The summed E-state index contributed by atoms with van der Waals surface area (Å²) >= 11 is 0. The summed E-state index contributed by atoms with van der Waals surface area (Å²) in [6.07, 6.45) is 7.08. The zero-order chi connectivity index (χ0) is 14.8. The monoisotopic (exact) mass is 281 g/mol. The third-order valence-electron chi connectivity index (χ3n) is 5.69. The summed E-state index contributed by atoms with van der Waals surface area (Å²) in [5.74, 6) is -1.27. The lowest BCUT2D eigenvalue weighted by molar-refractivity contribution is -0.146. The van der Waals surface area contributed by atoms with E-state index in [0.29, 0.717) is 12.3 Å². The van der Waals surface area contributed by atoms with Gasteiger partial charge in [0.25, 0.3) is 0 Å². The van der Waals surface area contributed by atoms with Gasteiger partial charge in [0.05, 0.1) is 11.8 Å². The summed E-state index contributed by atoms with van der Waals surface area (Å²) < 4.78 is 0. The highest BCUT2D eigenvalue weighted by atomic mass is 16.4. The van der Waals surface area contributed by atoms with Crippen LogP contribution in [0, 0.1) is 23.2 Å². The van der Waals surface area contributed by atoms with Gasteiger partial charge < -0.3 is 10.4 Å². The summed E-state index contributed by atoms with van der Waals surface area (Å²) in [5.41, 5.74) is 0.289. The van der Waals surface area contributed by atoms with E-state index in [0.717, 1.165) is 25.8 Å². The minimum Gasteiger partial charge on any atom is -0.481 e. The second-order valence-corrected chi connectivity index (χ2v) is 6.72. The van der Waals surface area contributed by atoms with Crippen molar-refractivity contribution in [2.24, 2.45) is 23.2 Å². The van der Waals surface area contributed by atoms with E-state index < -0.39 is 11.9 Å². The highest BCUT2D eigenvalue weighted by molar-refractivity contribution is 5.85. The van der Waals surface area contributed by atoms with E-state index >= 15 is 0 Å². The first-order valence-corrected chi connectivity index (χ1v) is 8.02. The first kappa shape index (κ1) is 15.3. The molecular weight excluding hydrogens is 254 g/mol. The molecule has 2 rings (SSSR count). The van der Waals surface area contributed by atoms with E-state index in [2.05, 4.69) is 19.2 Å². The van der Waals surface area contributed by atoms with E-state index in [4.69, 9.17) is 0 Å². The van der Waals surface area contributed by atoms with E-state index in [-0.39, 0.29) is 17.2 Å². The second-order valence-electron chi connectivity index (χ2n) is 6.72. The van der Waals surface area contributed by atoms with Crippen LogP contribution in [0.5, 0.6) is 0 Å². The SMILES string of the molecule is CCC1CC(C(=O)O)C(C(=O)NCC2(CC)CCC2)C1. The Morgan fingerprint density at radius 3 is 2.30 bits per heavy atom. The minimum atomic E-state index is -0.810. The van der Waals surface area contributed by atoms with Gasteiger partial charge in [-0.2, -0.15) is 0 Å². The summed E-state index contributed by atoms with van der Waals surface area (Å²) in [6.45, 7) is 4.97. The highest BCUT2D eigenvalue weighted by Gasteiger charge is 2.43. The Labute approximate surface area is 121 Å². The van der Waals surface area contributed by atoms with Gasteiger partial charge in [0.2, 0.25) is 5.91 Å². The normalized spacial score (nSPS) is 31.6. The molecule has 1 amide bonds. The van der Waals surface area contributed by atoms with Crippen molar-refractivity contribution in [1.82, 2.24) is 5.32 Å². The van der Waals surface area contributed by atoms with Crippen molar-refractivity contribution in [3.8, 4) is 0 Å². The number of carboxylic acid groups (broad SMARTS) is 1. The topological polar surface area (TPSA) is 66.4 Å². The van der Waals surface area contributed by atoms with Crippen molar-refractivity contribution in [3.05, 3.63) is 0 Å². The zero-order valence-electron chi connectivity index (χ0n) is 12.7. The quantitative estimate of drug-likeness (QED) is 0.786. The number of nitrogens with one attached hydrogen (secondary N) is 1. The predicted octanol–water partition coefficient (Wildman–Crippen LogP) is 2.82. The molecule has 3 atom stereocenters. The Hall–Kier alpha value is -1.06. The Bertz CT molecular complexity index is 370. The molecule has 0 aromatic rings. The summed E-state index contributed by atoms with van der Waals surface area (Å²) in [4.78, 5) is 23.7. The average molecular weight is 281 g/mol. The standard InChI is InChI=1S/C16H27NO3/c1-3-11-8-12(13(9-11)15(19)20)14(18)17-10-16(4-2)6-5-7-16/h11-13H,3-10H2,1-2H3,(H,17,18)(H,19,20). The molecule has 2 aliphatic rings. The molecule has 4 heteroatoms. The Morgan fingerprint density at radius 2 is 1.85 bits per heavy atom. The molecule has 3 unspecified atom stereocenters. The molecule has 0 heterocycles. The molecule has 2 fully saturated rings. The molecule has 2 aliphatic carbocycles. The van der Waals surface area contributed by atoms with Crippen LogP contribution in [0.25, 0.3) is 0 Å². The number of carboxylic acids is 1. The second kappa shape index (κ2) is 6.15. The van der Waals surface area contributed by atoms with Crippen LogP contribution >= 0.6 is 0 Å². The fraction of sp³-hybridized carbons (Fsp3) is 0.875. The van der Waals surface area contributed by atoms with Crippen molar-refractivity contribution >= 4 is 11.9 Å². The Kier molecular flexibility index (Phi) is 4.71. The molecular formula is C16H27NO3. The van der Waals surface area contributed by atoms with E-state index in [1.165, 1.54) is 19.3 Å². The molecule has 0 bridgehead atoms. The number of rotatable bonds is 6. The molecule has 20 heavy (non-hydrogen) atoms. The van der Waals surface area contributed by atoms with Crippen LogP contribution in [-0.2, 0) is 9.59 Å². The van der Waals surface area contributed by atoms with Gasteiger partial charge in [-0.05, 0) is 43.4 Å². The molecule has 0 aliphatic heterocycles. The molecule has 0 spiro atoms. The maximum absolute atomic E-state index is 12.3. The van der Waals surface area contributed by atoms with Crippen molar-refractivity contribution in [2.75, 3.05) is 6.54 Å². The lowest BCUT2D eigenvalue weighted by Gasteiger charge is -2.41. The third-order valence-corrected chi connectivity index (χ3v) is 5.69. The van der Waals surface area contributed by atoms with Crippen LogP contribution < -0.4 is 5.32 Å². The van der Waals surface area contributed by atoms with E-state index in [9.17, 15) is 14.7 Å². The molecule has 0 radical (unpaired) electrons. The summed E-state index contributed by atoms with van der Waals surface area (Å²) in [7, 11) is 0. The number of aliphatic carboxylic acids is 1. The van der Waals surface area contributed by atoms with Gasteiger partial charge in [0, 0.05) is 6.54 Å². The van der Waals surface area contributed by atoms with Crippen LogP contribution in [0.2, 0.25) is 0 Å². The molecule has 2 saturated carbocycles. The molecule has 0 aromatic heterocycles. The van der Waals surface area contributed by atoms with E-state index in [1.807, 2.05) is 0 Å². The fourth-order valence-corrected chi connectivity index (χ4v) is 3.78. The van der Waals surface area contributed by atoms with E-state index in [1.54, 1.807) is 0 Å². The van der Waals surface area contributed by atoms with Crippen molar-refractivity contribution in [1.29, 1.82) is 0 Å². The van der Waals surface area contributed by atoms with Crippen LogP contribution in [0.15, 0.2) is 0 Å². The first-order valence-electron chi connectivity index (χ1n) is 8.02. The molecule has 4 nitrogen and oxygen atoms in total. The largest absolute Gasteiger partial charge is 0.481 e. The zero-order valence-corrected chi connectivity index (χ0v) is 12.7. The van der Waals surface area contributed by atoms with Gasteiger partial charge in [-0.3, -0.25) is 9.59 Å². The summed E-state index contributed by atoms with van der Waals surface area (Å²) in [6, 6.07) is 0. The highest BCUT2D eigenvalue weighted by Crippen LogP contribution is 2.43. The molecule has 114 valence electrons.